The van der Waals surface area contributed by atoms with Gasteiger partial charge in [0, 0.05) is 11.6 Å². The number of aromatic carboxylic acids is 1. The molecule has 0 aliphatic heterocycles. The van der Waals surface area contributed by atoms with E-state index < -0.39 is 16.0 Å². The predicted octanol–water partition coefficient (Wildman–Crippen LogP) is 2.88. The van der Waals surface area contributed by atoms with Gasteiger partial charge in [-0.25, -0.2) is 17.2 Å². The maximum absolute atomic E-state index is 12.7. The molecular weight excluding hydrogens is 302 g/mol. The van der Waals surface area contributed by atoms with E-state index in [1.807, 2.05) is 6.92 Å². The van der Waals surface area contributed by atoms with E-state index in [4.69, 9.17) is 5.11 Å². The molecule has 0 aliphatic carbocycles. The molecule has 6 heteroatoms. The second-order valence-electron chi connectivity index (χ2n) is 5.01. The third-order valence-corrected chi connectivity index (χ3v) is 5.19. The van der Waals surface area contributed by atoms with E-state index in [0.29, 0.717) is 10.9 Å². The van der Waals surface area contributed by atoms with Crippen LogP contribution in [-0.2, 0) is 10.0 Å². The number of carboxylic acids is 1. The molecule has 2 aromatic carbocycles. The average molecular weight is 315 g/mol. The highest BCUT2D eigenvalue weighted by Crippen LogP contribution is 2.23. The lowest BCUT2D eigenvalue weighted by molar-refractivity contribution is 0.0697. The monoisotopic (exact) mass is 315 g/mol. The lowest BCUT2D eigenvalue weighted by atomic mass is 10.2. The Kier molecular flexibility index (Phi) is 3.26. The maximum Gasteiger partial charge on any atom is 0.335 e. The standard InChI is InChI=1S/C16H13NO4S/c1-11-2-6-14(7-3-11)22(20,21)17-9-8-12-4-5-13(16(18)19)10-15(12)17/h2-10H,1H3,(H,18,19). The summed E-state index contributed by atoms with van der Waals surface area (Å²) in [5.41, 5.74) is 1.36. The second kappa shape index (κ2) is 4.99. The van der Waals surface area contributed by atoms with Crippen molar-refractivity contribution in [3.63, 3.8) is 0 Å². The van der Waals surface area contributed by atoms with Crippen LogP contribution in [0.25, 0.3) is 10.9 Å². The molecule has 0 bridgehead atoms. The molecule has 0 aliphatic rings. The Bertz CT molecular complexity index is 969. The van der Waals surface area contributed by atoms with Crippen LogP contribution in [0, 0.1) is 6.92 Å². The van der Waals surface area contributed by atoms with Crippen LogP contribution in [0.4, 0.5) is 0 Å². The Morgan fingerprint density at radius 3 is 2.36 bits per heavy atom. The molecule has 0 radical (unpaired) electrons. The van der Waals surface area contributed by atoms with Crippen LogP contribution in [0.5, 0.6) is 0 Å². The molecule has 1 heterocycles. The van der Waals surface area contributed by atoms with Gasteiger partial charge in [0.25, 0.3) is 10.0 Å². The summed E-state index contributed by atoms with van der Waals surface area (Å²) in [6, 6.07) is 12.6. The summed E-state index contributed by atoms with van der Waals surface area (Å²) in [5.74, 6) is -1.10. The number of benzene rings is 2. The summed E-state index contributed by atoms with van der Waals surface area (Å²) in [5, 5.41) is 9.73. The van der Waals surface area contributed by atoms with Crippen molar-refractivity contribution >= 4 is 26.9 Å². The van der Waals surface area contributed by atoms with E-state index in [9.17, 15) is 13.2 Å². The van der Waals surface area contributed by atoms with Gasteiger partial charge in [0.15, 0.2) is 0 Å². The zero-order chi connectivity index (χ0) is 15.9. The average Bonchev–Trinajstić information content (AvgIpc) is 2.91. The SMILES string of the molecule is Cc1ccc(S(=O)(=O)n2ccc3ccc(C(=O)O)cc32)cc1. The van der Waals surface area contributed by atoms with Crippen LogP contribution in [0.3, 0.4) is 0 Å². The van der Waals surface area contributed by atoms with Crippen LogP contribution in [-0.4, -0.2) is 23.5 Å². The molecule has 22 heavy (non-hydrogen) atoms. The minimum absolute atomic E-state index is 0.0477. The number of fused-ring (bicyclic) bond motifs is 1. The fourth-order valence-corrected chi connectivity index (χ4v) is 3.62. The smallest absolute Gasteiger partial charge is 0.335 e. The number of carboxylic acid groups (broad SMARTS) is 1. The molecule has 0 saturated heterocycles. The summed E-state index contributed by atoms with van der Waals surface area (Å²) in [6.45, 7) is 1.88. The molecule has 3 rings (SSSR count). The fraction of sp³-hybridized carbons (Fsp3) is 0.0625. The minimum atomic E-state index is -3.76. The van der Waals surface area contributed by atoms with E-state index in [-0.39, 0.29) is 10.5 Å². The van der Waals surface area contributed by atoms with Gasteiger partial charge >= 0.3 is 5.97 Å². The molecule has 0 atom stereocenters. The Hall–Kier alpha value is -2.60. The van der Waals surface area contributed by atoms with Crippen molar-refractivity contribution in [2.75, 3.05) is 0 Å². The van der Waals surface area contributed by atoms with Gasteiger partial charge in [-0.15, -0.1) is 0 Å². The number of nitrogens with zero attached hydrogens (tertiary/aromatic N) is 1. The first kappa shape index (κ1) is 14.3. The normalized spacial score (nSPS) is 11.7. The van der Waals surface area contributed by atoms with Gasteiger partial charge in [-0.3, -0.25) is 0 Å². The van der Waals surface area contributed by atoms with Crippen molar-refractivity contribution in [3.05, 3.63) is 65.9 Å². The Labute approximate surface area is 127 Å². The summed E-state index contributed by atoms with van der Waals surface area (Å²) in [6.07, 6.45) is 1.44. The number of aromatic nitrogens is 1. The Morgan fingerprint density at radius 1 is 1.05 bits per heavy atom. The topological polar surface area (TPSA) is 76.4 Å². The zero-order valence-electron chi connectivity index (χ0n) is 11.7. The third kappa shape index (κ3) is 2.27. The van der Waals surface area contributed by atoms with Gasteiger partial charge in [0.2, 0.25) is 0 Å². The summed E-state index contributed by atoms with van der Waals surface area (Å²) >= 11 is 0. The number of hydrogen-bond acceptors (Lipinski definition) is 3. The third-order valence-electron chi connectivity index (χ3n) is 3.48. The zero-order valence-corrected chi connectivity index (χ0v) is 12.5. The van der Waals surface area contributed by atoms with Gasteiger partial charge < -0.3 is 5.11 Å². The first-order valence-corrected chi connectivity index (χ1v) is 8.00. The molecule has 1 aromatic heterocycles. The minimum Gasteiger partial charge on any atom is -0.478 e. The molecular formula is C16H13NO4S. The molecule has 0 fully saturated rings. The van der Waals surface area contributed by atoms with Crippen molar-refractivity contribution < 1.29 is 18.3 Å². The summed E-state index contributed by atoms with van der Waals surface area (Å²) < 4.78 is 26.5. The van der Waals surface area contributed by atoms with Crippen LogP contribution in [0.15, 0.2) is 59.6 Å². The van der Waals surface area contributed by atoms with Crippen LogP contribution >= 0.6 is 0 Å². The molecule has 3 aromatic rings. The van der Waals surface area contributed by atoms with E-state index in [0.717, 1.165) is 9.54 Å². The van der Waals surface area contributed by atoms with E-state index in [2.05, 4.69) is 0 Å². The van der Waals surface area contributed by atoms with Crippen LogP contribution in [0.1, 0.15) is 15.9 Å². The van der Waals surface area contributed by atoms with Gasteiger partial charge in [-0.05, 0) is 37.3 Å². The molecule has 0 unspecified atom stereocenters. The van der Waals surface area contributed by atoms with Crippen LogP contribution in [0.2, 0.25) is 0 Å². The van der Waals surface area contributed by atoms with E-state index in [1.54, 1.807) is 24.3 Å². The fourth-order valence-electron chi connectivity index (χ4n) is 2.27. The van der Waals surface area contributed by atoms with Crippen LogP contribution < -0.4 is 0 Å². The number of carbonyl (C=O) groups is 1. The highest BCUT2D eigenvalue weighted by atomic mass is 32.2. The van der Waals surface area contributed by atoms with Gasteiger partial charge in [-0.2, -0.15) is 0 Å². The van der Waals surface area contributed by atoms with Gasteiger partial charge in [0.05, 0.1) is 16.0 Å². The van der Waals surface area contributed by atoms with Crippen molar-refractivity contribution in [3.8, 4) is 0 Å². The molecule has 112 valence electrons. The summed E-state index contributed by atoms with van der Waals surface area (Å²) in [4.78, 5) is 11.2. The molecule has 0 spiro atoms. The van der Waals surface area contributed by atoms with Crippen molar-refractivity contribution in [2.45, 2.75) is 11.8 Å². The lowest BCUT2D eigenvalue weighted by Gasteiger charge is -2.08. The quantitative estimate of drug-likeness (QED) is 0.806. The Balaban J connectivity index is 2.22. The highest BCUT2D eigenvalue weighted by molar-refractivity contribution is 7.90. The molecule has 5 nitrogen and oxygen atoms in total. The first-order valence-electron chi connectivity index (χ1n) is 6.56. The number of rotatable bonds is 3. The molecule has 1 N–H and O–H groups in total. The maximum atomic E-state index is 12.7. The predicted molar refractivity (Wildman–Crippen MR) is 82.7 cm³/mol. The number of hydrogen-bond donors (Lipinski definition) is 1. The van der Waals surface area contributed by atoms with E-state index in [1.165, 1.54) is 30.5 Å². The molecule has 0 amide bonds. The first-order chi connectivity index (χ1) is 10.4. The van der Waals surface area contributed by atoms with E-state index >= 15 is 0 Å². The largest absolute Gasteiger partial charge is 0.478 e. The van der Waals surface area contributed by atoms with Crippen molar-refractivity contribution in [2.24, 2.45) is 0 Å². The van der Waals surface area contributed by atoms with Crippen molar-refractivity contribution in [1.29, 1.82) is 0 Å². The lowest BCUT2D eigenvalue weighted by Crippen LogP contribution is -2.12. The highest BCUT2D eigenvalue weighted by Gasteiger charge is 2.19. The molecule has 0 saturated carbocycles. The summed E-state index contributed by atoms with van der Waals surface area (Å²) in [7, 11) is -3.76. The van der Waals surface area contributed by atoms with Crippen molar-refractivity contribution in [1.82, 2.24) is 3.97 Å². The second-order valence-corrected chi connectivity index (χ2v) is 6.82. The van der Waals surface area contributed by atoms with Gasteiger partial charge in [-0.1, -0.05) is 23.8 Å². The van der Waals surface area contributed by atoms with Gasteiger partial charge in [0.1, 0.15) is 0 Å². The Morgan fingerprint density at radius 2 is 1.73 bits per heavy atom. The number of aryl methyl sites for hydroxylation is 1.